The molecule has 2 aromatic rings. The number of nitrogens with zero attached hydrogens (tertiary/aromatic N) is 3. The van der Waals surface area contributed by atoms with Crippen LogP contribution in [0.3, 0.4) is 0 Å². The highest BCUT2D eigenvalue weighted by Crippen LogP contribution is 2.18. The first-order valence-electron chi connectivity index (χ1n) is 6.51. The molecule has 6 nitrogen and oxygen atoms in total. The fourth-order valence-electron chi connectivity index (χ4n) is 1.80. The molecular formula is C13H18N4O2S. The molecule has 2 atom stereocenters. The van der Waals surface area contributed by atoms with E-state index in [0.717, 1.165) is 4.88 Å². The zero-order chi connectivity index (χ0) is 14.5. The van der Waals surface area contributed by atoms with Gasteiger partial charge in [0.2, 0.25) is 5.91 Å². The van der Waals surface area contributed by atoms with Crippen LogP contribution in [-0.4, -0.2) is 26.0 Å². The number of nitrogens with one attached hydrogen (secondary N) is 1. The second kappa shape index (κ2) is 6.62. The first kappa shape index (κ1) is 14.7. The van der Waals surface area contributed by atoms with Gasteiger partial charge in [-0.05, 0) is 24.8 Å². The summed E-state index contributed by atoms with van der Waals surface area (Å²) in [6.07, 6.45) is 1.54. The molecule has 2 N–H and O–H groups in total. The number of rotatable bonds is 6. The number of carbonyl (C=O) groups excluding carboxylic acids is 1. The van der Waals surface area contributed by atoms with Gasteiger partial charge in [0, 0.05) is 4.88 Å². The van der Waals surface area contributed by atoms with E-state index in [4.69, 9.17) is 0 Å². The third kappa shape index (κ3) is 3.64. The van der Waals surface area contributed by atoms with Crippen molar-refractivity contribution < 1.29 is 9.90 Å². The van der Waals surface area contributed by atoms with Crippen LogP contribution in [0.1, 0.15) is 43.0 Å². The van der Waals surface area contributed by atoms with Gasteiger partial charge in [0.15, 0.2) is 0 Å². The molecule has 0 aliphatic carbocycles. The maximum absolute atomic E-state index is 11.9. The van der Waals surface area contributed by atoms with Crippen molar-refractivity contribution in [3.05, 3.63) is 34.3 Å². The van der Waals surface area contributed by atoms with Crippen LogP contribution in [0.5, 0.6) is 0 Å². The number of aliphatic hydroxyl groups is 1. The second-order valence-electron chi connectivity index (χ2n) is 4.57. The molecule has 108 valence electrons. The van der Waals surface area contributed by atoms with Gasteiger partial charge in [-0.3, -0.25) is 4.79 Å². The molecule has 2 rings (SSSR count). The lowest BCUT2D eigenvalue weighted by Crippen LogP contribution is -2.29. The average Bonchev–Trinajstić information content (AvgIpc) is 3.08. The van der Waals surface area contributed by atoms with Gasteiger partial charge in [0.1, 0.15) is 12.2 Å². The van der Waals surface area contributed by atoms with E-state index in [1.165, 1.54) is 4.68 Å². The van der Waals surface area contributed by atoms with Gasteiger partial charge < -0.3 is 10.4 Å². The molecule has 7 heteroatoms. The molecule has 0 fully saturated rings. The molecule has 0 bridgehead atoms. The molecule has 1 amide bonds. The molecule has 2 aromatic heterocycles. The third-order valence-electron chi connectivity index (χ3n) is 2.94. The number of aromatic nitrogens is 3. The fourth-order valence-corrected chi connectivity index (χ4v) is 2.53. The van der Waals surface area contributed by atoms with E-state index in [-0.39, 0.29) is 18.5 Å². The molecule has 2 heterocycles. The van der Waals surface area contributed by atoms with E-state index in [1.54, 1.807) is 17.5 Å². The van der Waals surface area contributed by atoms with Crippen molar-refractivity contribution in [2.24, 2.45) is 0 Å². The van der Waals surface area contributed by atoms with E-state index >= 15 is 0 Å². The van der Waals surface area contributed by atoms with Crippen molar-refractivity contribution in [1.82, 2.24) is 20.3 Å². The number of aliphatic hydroxyl groups excluding tert-OH is 1. The van der Waals surface area contributed by atoms with Crippen LogP contribution in [0.4, 0.5) is 0 Å². The maximum atomic E-state index is 11.9. The maximum Gasteiger partial charge on any atom is 0.242 e. The Bertz CT molecular complexity index is 552. The van der Waals surface area contributed by atoms with E-state index in [1.807, 2.05) is 31.4 Å². The fraction of sp³-hybridized carbons (Fsp3) is 0.462. The van der Waals surface area contributed by atoms with Gasteiger partial charge in [-0.2, -0.15) is 0 Å². The molecule has 0 spiro atoms. The summed E-state index contributed by atoms with van der Waals surface area (Å²) in [6.45, 7) is 3.90. The van der Waals surface area contributed by atoms with Crippen LogP contribution in [0.25, 0.3) is 0 Å². The van der Waals surface area contributed by atoms with Crippen LogP contribution in [0.15, 0.2) is 23.7 Å². The van der Waals surface area contributed by atoms with Crippen LogP contribution >= 0.6 is 11.3 Å². The van der Waals surface area contributed by atoms with E-state index in [9.17, 15) is 9.90 Å². The van der Waals surface area contributed by atoms with Crippen LogP contribution in [-0.2, 0) is 11.3 Å². The summed E-state index contributed by atoms with van der Waals surface area (Å²) < 4.78 is 1.44. The monoisotopic (exact) mass is 294 g/mol. The summed E-state index contributed by atoms with van der Waals surface area (Å²) >= 11 is 1.61. The molecule has 0 radical (unpaired) electrons. The number of carbonyl (C=O) groups is 1. The molecule has 0 aromatic carbocycles. The highest BCUT2D eigenvalue weighted by molar-refractivity contribution is 7.10. The zero-order valence-electron chi connectivity index (χ0n) is 11.5. The minimum Gasteiger partial charge on any atom is -0.387 e. The lowest BCUT2D eigenvalue weighted by molar-refractivity contribution is -0.122. The van der Waals surface area contributed by atoms with Gasteiger partial charge in [0.05, 0.1) is 18.3 Å². The van der Waals surface area contributed by atoms with Gasteiger partial charge in [0.25, 0.3) is 0 Å². The minimum atomic E-state index is -0.628. The Morgan fingerprint density at radius 3 is 3.05 bits per heavy atom. The van der Waals surface area contributed by atoms with Crippen molar-refractivity contribution >= 4 is 17.2 Å². The predicted molar refractivity (Wildman–Crippen MR) is 76.1 cm³/mol. The summed E-state index contributed by atoms with van der Waals surface area (Å²) in [7, 11) is 0. The Kier molecular flexibility index (Phi) is 4.86. The number of hydrogen-bond acceptors (Lipinski definition) is 5. The Morgan fingerprint density at radius 2 is 2.40 bits per heavy atom. The summed E-state index contributed by atoms with van der Waals surface area (Å²) in [5, 5.41) is 22.2. The summed E-state index contributed by atoms with van der Waals surface area (Å²) in [5.74, 6) is -0.131. The Morgan fingerprint density at radius 1 is 1.60 bits per heavy atom. The van der Waals surface area contributed by atoms with E-state index in [0.29, 0.717) is 12.1 Å². The van der Waals surface area contributed by atoms with Crippen LogP contribution in [0.2, 0.25) is 0 Å². The van der Waals surface area contributed by atoms with Crippen molar-refractivity contribution in [2.45, 2.75) is 39.0 Å². The van der Waals surface area contributed by atoms with Gasteiger partial charge >= 0.3 is 0 Å². The minimum absolute atomic E-state index is 0.0216. The average molecular weight is 294 g/mol. The quantitative estimate of drug-likeness (QED) is 0.849. The Hall–Kier alpha value is -1.73. The number of amides is 1. The lowest BCUT2D eigenvalue weighted by Gasteiger charge is -2.11. The Labute approximate surface area is 121 Å². The molecule has 0 saturated carbocycles. The number of hydrogen-bond donors (Lipinski definition) is 2. The largest absolute Gasteiger partial charge is 0.387 e. The topological polar surface area (TPSA) is 80.0 Å². The normalized spacial score (nSPS) is 13.9. The van der Waals surface area contributed by atoms with Crippen molar-refractivity contribution in [1.29, 1.82) is 0 Å². The van der Waals surface area contributed by atoms with E-state index in [2.05, 4.69) is 15.6 Å². The zero-order valence-corrected chi connectivity index (χ0v) is 12.3. The Balaban J connectivity index is 1.90. The molecule has 0 aliphatic heterocycles. The van der Waals surface area contributed by atoms with E-state index < -0.39 is 6.10 Å². The highest BCUT2D eigenvalue weighted by atomic mass is 32.1. The highest BCUT2D eigenvalue weighted by Gasteiger charge is 2.13. The van der Waals surface area contributed by atoms with Gasteiger partial charge in [-0.25, -0.2) is 4.68 Å². The first-order chi connectivity index (χ1) is 9.60. The molecule has 0 saturated heterocycles. The lowest BCUT2D eigenvalue weighted by atomic mass is 10.2. The van der Waals surface area contributed by atoms with Crippen molar-refractivity contribution in [2.75, 3.05) is 0 Å². The summed E-state index contributed by atoms with van der Waals surface area (Å²) in [6, 6.07) is 3.92. The SMILES string of the molecule is CCC(O)c1cn(CC(=O)NC(C)c2cccs2)nn1. The van der Waals surface area contributed by atoms with Gasteiger partial charge in [-0.15, -0.1) is 16.4 Å². The second-order valence-corrected chi connectivity index (χ2v) is 5.55. The molecule has 20 heavy (non-hydrogen) atoms. The predicted octanol–water partition coefficient (Wildman–Crippen LogP) is 1.66. The molecular weight excluding hydrogens is 276 g/mol. The molecule has 2 unspecified atom stereocenters. The smallest absolute Gasteiger partial charge is 0.242 e. The third-order valence-corrected chi connectivity index (χ3v) is 3.99. The molecule has 0 aliphatic rings. The summed E-state index contributed by atoms with van der Waals surface area (Å²) in [5.41, 5.74) is 0.492. The number of thiophene rings is 1. The standard InChI is InChI=1S/C13H18N4O2S/c1-3-11(18)10-7-17(16-15-10)8-13(19)14-9(2)12-5-4-6-20-12/h4-7,9,11,18H,3,8H2,1-2H3,(H,14,19). The van der Waals surface area contributed by atoms with Crippen molar-refractivity contribution in [3.8, 4) is 0 Å². The van der Waals surface area contributed by atoms with Crippen molar-refractivity contribution in [3.63, 3.8) is 0 Å². The summed E-state index contributed by atoms with van der Waals surface area (Å²) in [4.78, 5) is 13.0. The van der Waals surface area contributed by atoms with Gasteiger partial charge in [-0.1, -0.05) is 18.2 Å². The van der Waals surface area contributed by atoms with Crippen LogP contribution in [0, 0.1) is 0 Å². The van der Waals surface area contributed by atoms with Crippen LogP contribution < -0.4 is 5.32 Å². The first-order valence-corrected chi connectivity index (χ1v) is 7.39.